The number of benzene rings is 1. The molecule has 1 aromatic carbocycles. The SMILES string of the molecule is Cc1ccc(CNC2CCS(=O)(=O)C2)c(C)c1. The van der Waals surface area contributed by atoms with Crippen LogP contribution in [-0.4, -0.2) is 26.0 Å². The summed E-state index contributed by atoms with van der Waals surface area (Å²) < 4.78 is 22.6. The lowest BCUT2D eigenvalue weighted by molar-refractivity contribution is 0.553. The number of rotatable bonds is 3. The van der Waals surface area contributed by atoms with Gasteiger partial charge in [-0.05, 0) is 31.4 Å². The molecular formula is C13H19NO2S. The zero-order valence-corrected chi connectivity index (χ0v) is 11.2. The maximum absolute atomic E-state index is 11.3. The zero-order valence-electron chi connectivity index (χ0n) is 10.4. The number of hydrogen-bond donors (Lipinski definition) is 1. The Morgan fingerprint density at radius 3 is 2.71 bits per heavy atom. The van der Waals surface area contributed by atoms with Gasteiger partial charge >= 0.3 is 0 Å². The Morgan fingerprint density at radius 2 is 2.12 bits per heavy atom. The van der Waals surface area contributed by atoms with Crippen molar-refractivity contribution in [2.24, 2.45) is 0 Å². The standard InChI is InChI=1S/C13H19NO2S/c1-10-3-4-12(11(2)7-10)8-14-13-5-6-17(15,16)9-13/h3-4,7,13-14H,5-6,8-9H2,1-2H3. The van der Waals surface area contributed by atoms with E-state index in [0.717, 1.165) is 13.0 Å². The Labute approximate surface area is 103 Å². The van der Waals surface area contributed by atoms with Crippen molar-refractivity contribution in [3.05, 3.63) is 34.9 Å². The molecule has 1 aliphatic rings. The topological polar surface area (TPSA) is 46.2 Å². The van der Waals surface area contributed by atoms with Gasteiger partial charge in [0.15, 0.2) is 9.84 Å². The average molecular weight is 253 g/mol. The van der Waals surface area contributed by atoms with Crippen molar-refractivity contribution in [3.63, 3.8) is 0 Å². The summed E-state index contributed by atoms with van der Waals surface area (Å²) in [7, 11) is -2.78. The molecule has 1 fully saturated rings. The third kappa shape index (κ3) is 3.30. The second-order valence-electron chi connectivity index (χ2n) is 4.91. The summed E-state index contributed by atoms with van der Waals surface area (Å²) in [5.41, 5.74) is 3.77. The molecule has 2 rings (SSSR count). The quantitative estimate of drug-likeness (QED) is 0.889. The highest BCUT2D eigenvalue weighted by molar-refractivity contribution is 7.91. The Balaban J connectivity index is 1.95. The largest absolute Gasteiger partial charge is 0.309 e. The van der Waals surface area contributed by atoms with E-state index in [1.54, 1.807) is 0 Å². The van der Waals surface area contributed by atoms with Gasteiger partial charge in [-0.15, -0.1) is 0 Å². The second kappa shape index (κ2) is 4.78. The van der Waals surface area contributed by atoms with Crippen LogP contribution in [-0.2, 0) is 16.4 Å². The first-order valence-electron chi connectivity index (χ1n) is 5.96. The molecule has 0 saturated carbocycles. The van der Waals surface area contributed by atoms with E-state index in [4.69, 9.17) is 0 Å². The minimum Gasteiger partial charge on any atom is -0.309 e. The molecule has 17 heavy (non-hydrogen) atoms. The van der Waals surface area contributed by atoms with E-state index >= 15 is 0 Å². The maximum atomic E-state index is 11.3. The molecule has 0 aromatic heterocycles. The van der Waals surface area contributed by atoms with Crippen LogP contribution in [0.15, 0.2) is 18.2 Å². The van der Waals surface area contributed by atoms with Gasteiger partial charge in [0.25, 0.3) is 0 Å². The molecular weight excluding hydrogens is 234 g/mol. The summed E-state index contributed by atoms with van der Waals surface area (Å²) in [6, 6.07) is 6.49. The minimum atomic E-state index is -2.78. The zero-order chi connectivity index (χ0) is 12.5. The first-order chi connectivity index (χ1) is 7.96. The van der Waals surface area contributed by atoms with Crippen molar-refractivity contribution in [1.82, 2.24) is 5.32 Å². The highest BCUT2D eigenvalue weighted by Gasteiger charge is 2.27. The second-order valence-corrected chi connectivity index (χ2v) is 7.14. The molecule has 0 amide bonds. The van der Waals surface area contributed by atoms with Crippen molar-refractivity contribution in [2.75, 3.05) is 11.5 Å². The van der Waals surface area contributed by atoms with Crippen molar-refractivity contribution in [2.45, 2.75) is 32.9 Å². The summed E-state index contributed by atoms with van der Waals surface area (Å²) in [5, 5.41) is 3.33. The number of sulfone groups is 1. The molecule has 94 valence electrons. The molecule has 1 unspecified atom stereocenters. The summed E-state index contributed by atoms with van der Waals surface area (Å²) >= 11 is 0. The van der Waals surface area contributed by atoms with Crippen LogP contribution in [0.3, 0.4) is 0 Å². The van der Waals surface area contributed by atoms with Crippen LogP contribution < -0.4 is 5.32 Å². The Bertz CT molecular complexity index is 508. The van der Waals surface area contributed by atoms with Gasteiger partial charge in [-0.2, -0.15) is 0 Å². The van der Waals surface area contributed by atoms with E-state index in [1.165, 1.54) is 16.7 Å². The molecule has 0 aliphatic carbocycles. The monoisotopic (exact) mass is 253 g/mol. The first-order valence-corrected chi connectivity index (χ1v) is 7.78. The van der Waals surface area contributed by atoms with Crippen LogP contribution in [0.5, 0.6) is 0 Å². The summed E-state index contributed by atoms with van der Waals surface area (Å²) in [6.45, 7) is 4.93. The van der Waals surface area contributed by atoms with Crippen molar-refractivity contribution in [3.8, 4) is 0 Å². The molecule has 1 N–H and O–H groups in total. The van der Waals surface area contributed by atoms with E-state index in [0.29, 0.717) is 5.75 Å². The Kier molecular flexibility index (Phi) is 3.54. The van der Waals surface area contributed by atoms with Gasteiger partial charge in [-0.25, -0.2) is 8.42 Å². The van der Waals surface area contributed by atoms with Crippen LogP contribution in [0.2, 0.25) is 0 Å². The third-order valence-electron chi connectivity index (χ3n) is 3.31. The lowest BCUT2D eigenvalue weighted by Crippen LogP contribution is -2.29. The van der Waals surface area contributed by atoms with E-state index in [-0.39, 0.29) is 11.8 Å². The lowest BCUT2D eigenvalue weighted by atomic mass is 10.1. The minimum absolute atomic E-state index is 0.126. The fourth-order valence-electron chi connectivity index (χ4n) is 2.25. The number of aryl methyl sites for hydroxylation is 2. The van der Waals surface area contributed by atoms with E-state index < -0.39 is 9.84 Å². The third-order valence-corrected chi connectivity index (χ3v) is 5.08. The Morgan fingerprint density at radius 1 is 1.35 bits per heavy atom. The van der Waals surface area contributed by atoms with Gasteiger partial charge in [0.1, 0.15) is 0 Å². The molecule has 0 bridgehead atoms. The molecule has 1 atom stereocenters. The fraction of sp³-hybridized carbons (Fsp3) is 0.538. The van der Waals surface area contributed by atoms with Gasteiger partial charge in [0.2, 0.25) is 0 Å². The summed E-state index contributed by atoms with van der Waals surface area (Å²) in [4.78, 5) is 0. The van der Waals surface area contributed by atoms with E-state index in [2.05, 4.69) is 37.4 Å². The van der Waals surface area contributed by atoms with Crippen LogP contribution >= 0.6 is 0 Å². The predicted molar refractivity (Wildman–Crippen MR) is 69.8 cm³/mol. The first kappa shape index (κ1) is 12.6. The van der Waals surface area contributed by atoms with Crippen LogP contribution in [0.25, 0.3) is 0 Å². The maximum Gasteiger partial charge on any atom is 0.151 e. The molecule has 1 heterocycles. The molecule has 1 aromatic rings. The smallest absolute Gasteiger partial charge is 0.151 e. The molecule has 3 nitrogen and oxygen atoms in total. The average Bonchev–Trinajstić information content (AvgIpc) is 2.57. The van der Waals surface area contributed by atoms with Crippen LogP contribution in [0.4, 0.5) is 0 Å². The fourth-order valence-corrected chi connectivity index (χ4v) is 3.96. The van der Waals surface area contributed by atoms with Gasteiger partial charge < -0.3 is 5.32 Å². The van der Waals surface area contributed by atoms with Crippen molar-refractivity contribution in [1.29, 1.82) is 0 Å². The Hall–Kier alpha value is -0.870. The van der Waals surface area contributed by atoms with E-state index in [1.807, 2.05) is 0 Å². The number of hydrogen-bond acceptors (Lipinski definition) is 3. The van der Waals surface area contributed by atoms with Crippen molar-refractivity contribution < 1.29 is 8.42 Å². The number of nitrogens with one attached hydrogen (secondary N) is 1. The summed E-state index contributed by atoms with van der Waals surface area (Å²) in [6.07, 6.45) is 0.743. The molecule has 0 spiro atoms. The van der Waals surface area contributed by atoms with Gasteiger partial charge in [0, 0.05) is 12.6 Å². The van der Waals surface area contributed by atoms with Gasteiger partial charge in [-0.1, -0.05) is 23.8 Å². The predicted octanol–water partition coefficient (Wildman–Crippen LogP) is 1.58. The van der Waals surface area contributed by atoms with Gasteiger partial charge in [-0.3, -0.25) is 0 Å². The highest BCUT2D eigenvalue weighted by atomic mass is 32.2. The van der Waals surface area contributed by atoms with Gasteiger partial charge in [0.05, 0.1) is 11.5 Å². The normalized spacial score (nSPS) is 22.8. The van der Waals surface area contributed by atoms with Crippen LogP contribution in [0.1, 0.15) is 23.1 Å². The van der Waals surface area contributed by atoms with Crippen molar-refractivity contribution >= 4 is 9.84 Å². The molecule has 4 heteroatoms. The lowest BCUT2D eigenvalue weighted by Gasteiger charge is -2.12. The van der Waals surface area contributed by atoms with E-state index in [9.17, 15) is 8.42 Å². The molecule has 0 radical (unpaired) electrons. The summed E-state index contributed by atoms with van der Waals surface area (Å²) in [5.74, 6) is 0.620. The van der Waals surface area contributed by atoms with Crippen LogP contribution in [0, 0.1) is 13.8 Å². The molecule has 1 aliphatic heterocycles. The molecule has 1 saturated heterocycles. The highest BCUT2D eigenvalue weighted by Crippen LogP contribution is 2.14.